The lowest BCUT2D eigenvalue weighted by atomic mass is 10.1. The second kappa shape index (κ2) is 8.66. The fraction of sp³-hybridized carbons (Fsp3) is 0.286. The summed E-state index contributed by atoms with van der Waals surface area (Å²) in [5.74, 6) is -0.310. The lowest BCUT2D eigenvalue weighted by Crippen LogP contribution is -2.47. The van der Waals surface area contributed by atoms with E-state index in [0.717, 1.165) is 6.26 Å². The van der Waals surface area contributed by atoms with Gasteiger partial charge in [0.1, 0.15) is 0 Å². The maximum Gasteiger partial charge on any atom is 0.340 e. The molecule has 1 fully saturated rings. The summed E-state index contributed by atoms with van der Waals surface area (Å²) in [5, 5.41) is 5.51. The van der Waals surface area contributed by atoms with E-state index in [4.69, 9.17) is 0 Å². The summed E-state index contributed by atoms with van der Waals surface area (Å²) in [6.07, 6.45) is 1.85. The molecule has 0 aromatic heterocycles. The van der Waals surface area contributed by atoms with E-state index in [1.54, 1.807) is 36.4 Å². The van der Waals surface area contributed by atoms with Gasteiger partial charge in [0.15, 0.2) is 15.6 Å². The smallest absolute Gasteiger partial charge is 0.306 e. The number of nitrogens with one attached hydrogen (secondary N) is 1. The van der Waals surface area contributed by atoms with Gasteiger partial charge in [-0.15, -0.1) is 0 Å². The Kier molecular flexibility index (Phi) is 6.21. The Morgan fingerprint density at radius 2 is 1.53 bits per heavy atom. The number of amides is 3. The van der Waals surface area contributed by atoms with E-state index in [2.05, 4.69) is 5.32 Å². The molecule has 8 nitrogen and oxygen atoms in total. The average molecular weight is 429 g/mol. The minimum absolute atomic E-state index is 0.0567. The molecule has 2 aromatic rings. The molecule has 1 aliphatic heterocycles. The number of hydrogen-bond acceptors (Lipinski definition) is 5. The van der Waals surface area contributed by atoms with Gasteiger partial charge in [0.25, 0.3) is 0 Å². The largest absolute Gasteiger partial charge is 0.340 e. The molecular formula is C21H23N3O5S. The predicted octanol–water partition coefficient (Wildman–Crippen LogP) is 2.52. The summed E-state index contributed by atoms with van der Waals surface area (Å²) < 4.78 is 23.1. The summed E-state index contributed by atoms with van der Waals surface area (Å²) in [6, 6.07) is 12.3. The molecular weight excluding hydrogens is 406 g/mol. The van der Waals surface area contributed by atoms with Crippen molar-refractivity contribution in [1.82, 2.24) is 10.0 Å². The first-order chi connectivity index (χ1) is 14.1. The van der Waals surface area contributed by atoms with E-state index in [0.29, 0.717) is 36.3 Å². The van der Waals surface area contributed by atoms with Crippen LogP contribution in [0.2, 0.25) is 0 Å². The molecule has 0 bridgehead atoms. The van der Waals surface area contributed by atoms with Crippen LogP contribution in [0.15, 0.2) is 53.4 Å². The molecule has 3 amide bonds. The molecule has 0 spiro atoms. The number of carbonyl (C=O) groups is 3. The van der Waals surface area contributed by atoms with Gasteiger partial charge in [0, 0.05) is 30.6 Å². The highest BCUT2D eigenvalue weighted by atomic mass is 32.2. The molecule has 0 atom stereocenters. The normalized spacial score (nSPS) is 13.9. The minimum atomic E-state index is -3.30. The number of Topliss-reactive ketones (excluding diaryl/α,β-unsaturated/α-hetero) is 1. The van der Waals surface area contributed by atoms with Gasteiger partial charge in [-0.05, 0) is 55.3 Å². The van der Waals surface area contributed by atoms with E-state index in [-0.39, 0.29) is 23.0 Å². The second-order valence-corrected chi connectivity index (χ2v) is 9.17. The molecule has 0 aliphatic carbocycles. The van der Waals surface area contributed by atoms with Gasteiger partial charge in [-0.3, -0.25) is 9.59 Å². The van der Waals surface area contributed by atoms with E-state index in [1.165, 1.54) is 29.1 Å². The number of anilines is 1. The monoisotopic (exact) mass is 429 g/mol. The molecule has 0 unspecified atom stereocenters. The fourth-order valence-electron chi connectivity index (χ4n) is 3.18. The van der Waals surface area contributed by atoms with Crippen molar-refractivity contribution < 1.29 is 22.8 Å². The Labute approximate surface area is 175 Å². The Balaban J connectivity index is 1.64. The van der Waals surface area contributed by atoms with Crippen molar-refractivity contribution in [3.05, 3.63) is 59.7 Å². The van der Waals surface area contributed by atoms with Crippen LogP contribution in [0.4, 0.5) is 10.5 Å². The first-order valence-corrected chi connectivity index (χ1v) is 11.3. The predicted molar refractivity (Wildman–Crippen MR) is 112 cm³/mol. The highest BCUT2D eigenvalue weighted by Crippen LogP contribution is 2.18. The third-order valence-electron chi connectivity index (χ3n) is 4.80. The third kappa shape index (κ3) is 5.04. The molecule has 9 heteroatoms. The molecule has 1 heterocycles. The van der Waals surface area contributed by atoms with Crippen LogP contribution in [0.1, 0.15) is 29.3 Å². The van der Waals surface area contributed by atoms with Crippen LogP contribution >= 0.6 is 0 Å². The Morgan fingerprint density at radius 3 is 2.10 bits per heavy atom. The lowest BCUT2D eigenvalue weighted by Gasteiger charge is -2.28. The van der Waals surface area contributed by atoms with Crippen LogP contribution in [0, 0.1) is 0 Å². The Morgan fingerprint density at radius 1 is 0.933 bits per heavy atom. The number of carbonyl (C=O) groups excluding carboxylic acids is 3. The molecule has 0 radical (unpaired) electrons. The minimum Gasteiger partial charge on any atom is -0.306 e. The van der Waals surface area contributed by atoms with E-state index in [9.17, 15) is 22.8 Å². The highest BCUT2D eigenvalue weighted by molar-refractivity contribution is 7.90. The third-order valence-corrected chi connectivity index (χ3v) is 5.93. The summed E-state index contributed by atoms with van der Waals surface area (Å²) in [6.45, 7) is 2.31. The van der Waals surface area contributed by atoms with Gasteiger partial charge < -0.3 is 5.32 Å². The topological polar surface area (TPSA) is 104 Å². The van der Waals surface area contributed by atoms with E-state index < -0.39 is 15.9 Å². The van der Waals surface area contributed by atoms with Crippen molar-refractivity contribution in [1.29, 1.82) is 0 Å². The van der Waals surface area contributed by atoms with Gasteiger partial charge in [-0.1, -0.05) is 12.1 Å². The molecule has 2 aromatic carbocycles. The van der Waals surface area contributed by atoms with Gasteiger partial charge in [0.05, 0.1) is 11.3 Å². The van der Waals surface area contributed by atoms with Crippen LogP contribution in [0.3, 0.4) is 0 Å². The maximum atomic E-state index is 12.7. The summed E-state index contributed by atoms with van der Waals surface area (Å²) in [7, 11) is -3.30. The van der Waals surface area contributed by atoms with Crippen LogP contribution < -0.4 is 5.32 Å². The van der Waals surface area contributed by atoms with Crippen LogP contribution in [-0.2, 0) is 21.1 Å². The molecule has 1 N–H and O–H groups in total. The number of ketones is 1. The molecule has 30 heavy (non-hydrogen) atoms. The number of benzene rings is 2. The first kappa shape index (κ1) is 21.5. The Bertz CT molecular complexity index is 1060. The zero-order chi connectivity index (χ0) is 21.9. The van der Waals surface area contributed by atoms with Crippen LogP contribution in [0.25, 0.3) is 0 Å². The molecule has 0 saturated carbocycles. The van der Waals surface area contributed by atoms with Gasteiger partial charge >= 0.3 is 6.03 Å². The number of rotatable bonds is 5. The quantitative estimate of drug-likeness (QED) is 0.736. The van der Waals surface area contributed by atoms with Crippen molar-refractivity contribution in [2.75, 3.05) is 24.7 Å². The fourth-order valence-corrected chi connectivity index (χ4v) is 3.81. The molecule has 3 rings (SSSR count). The van der Waals surface area contributed by atoms with Crippen molar-refractivity contribution >= 4 is 33.2 Å². The Hall–Kier alpha value is -3.20. The maximum absolute atomic E-state index is 12.7. The zero-order valence-electron chi connectivity index (χ0n) is 16.8. The van der Waals surface area contributed by atoms with Crippen molar-refractivity contribution in [2.45, 2.75) is 24.7 Å². The standard InChI is InChI=1S/C21H23N3O5S/c1-15(25)17-6-8-18(9-7-17)22-21(27)24-13-3-12-23(24)20(26)14-16-4-10-19(11-5-16)30(2,28)29/h4-11H,3,12-14H2,1-2H3,(H,22,27). The van der Waals surface area contributed by atoms with E-state index in [1.807, 2.05) is 0 Å². The van der Waals surface area contributed by atoms with Crippen molar-refractivity contribution in [2.24, 2.45) is 0 Å². The molecule has 1 saturated heterocycles. The van der Waals surface area contributed by atoms with Crippen molar-refractivity contribution in [3.63, 3.8) is 0 Å². The average Bonchev–Trinajstić information content (AvgIpc) is 3.18. The first-order valence-electron chi connectivity index (χ1n) is 9.44. The van der Waals surface area contributed by atoms with E-state index >= 15 is 0 Å². The number of hydrazine groups is 1. The van der Waals surface area contributed by atoms with Crippen LogP contribution in [0.5, 0.6) is 0 Å². The van der Waals surface area contributed by atoms with Gasteiger partial charge in [0.2, 0.25) is 5.91 Å². The number of urea groups is 1. The number of nitrogens with zero attached hydrogens (tertiary/aromatic N) is 2. The summed E-state index contributed by atoms with van der Waals surface area (Å²) in [4.78, 5) is 36.9. The van der Waals surface area contributed by atoms with Crippen LogP contribution in [-0.4, -0.2) is 55.5 Å². The van der Waals surface area contributed by atoms with Gasteiger partial charge in [-0.2, -0.15) is 0 Å². The summed E-state index contributed by atoms with van der Waals surface area (Å²) in [5.41, 5.74) is 1.74. The molecule has 158 valence electrons. The zero-order valence-corrected chi connectivity index (χ0v) is 17.6. The second-order valence-electron chi connectivity index (χ2n) is 7.15. The number of hydrogen-bond donors (Lipinski definition) is 1. The SMILES string of the molecule is CC(=O)c1ccc(NC(=O)N2CCCN2C(=O)Cc2ccc(S(C)(=O)=O)cc2)cc1. The van der Waals surface area contributed by atoms with Crippen molar-refractivity contribution in [3.8, 4) is 0 Å². The number of sulfone groups is 1. The van der Waals surface area contributed by atoms with Gasteiger partial charge in [-0.25, -0.2) is 23.2 Å². The lowest BCUT2D eigenvalue weighted by molar-refractivity contribution is -0.139. The highest BCUT2D eigenvalue weighted by Gasteiger charge is 2.30. The summed E-state index contributed by atoms with van der Waals surface area (Å²) >= 11 is 0. The molecule has 1 aliphatic rings.